The molecule has 138 valence electrons. The van der Waals surface area contributed by atoms with Gasteiger partial charge in [0.1, 0.15) is 0 Å². The van der Waals surface area contributed by atoms with E-state index in [2.05, 4.69) is 47.2 Å². The standard InChI is InChI=1S/C21H28N4O/c1-16(2)19-8-4-6-17(3)20(19)23-21(26)25-12-10-24(11-13-25)15-18-7-5-9-22-14-18/h4-9,14,16H,10-13,15H2,1-3H3,(H,23,26). The molecule has 3 rings (SSSR count). The molecule has 5 nitrogen and oxygen atoms in total. The van der Waals surface area contributed by atoms with E-state index < -0.39 is 0 Å². The number of pyridine rings is 1. The number of hydrogen-bond acceptors (Lipinski definition) is 3. The summed E-state index contributed by atoms with van der Waals surface area (Å²) in [5.41, 5.74) is 4.48. The summed E-state index contributed by atoms with van der Waals surface area (Å²) in [4.78, 5) is 21.2. The molecule has 2 heterocycles. The molecular weight excluding hydrogens is 324 g/mol. The second kappa shape index (κ2) is 8.32. The number of aryl methyl sites for hydroxylation is 1. The lowest BCUT2D eigenvalue weighted by molar-refractivity contribution is 0.143. The Morgan fingerprint density at radius 2 is 1.92 bits per heavy atom. The van der Waals surface area contributed by atoms with E-state index in [1.807, 2.05) is 30.2 Å². The van der Waals surface area contributed by atoms with Crippen LogP contribution in [0.4, 0.5) is 10.5 Å². The molecule has 0 atom stereocenters. The number of nitrogens with one attached hydrogen (secondary N) is 1. The number of anilines is 1. The number of nitrogens with zero attached hydrogens (tertiary/aromatic N) is 3. The second-order valence-electron chi connectivity index (χ2n) is 7.25. The molecule has 2 aromatic rings. The highest BCUT2D eigenvalue weighted by Gasteiger charge is 2.22. The minimum Gasteiger partial charge on any atom is -0.322 e. The Balaban J connectivity index is 1.58. The van der Waals surface area contributed by atoms with E-state index in [-0.39, 0.29) is 6.03 Å². The highest BCUT2D eigenvalue weighted by atomic mass is 16.2. The van der Waals surface area contributed by atoms with Crippen molar-refractivity contribution < 1.29 is 4.79 Å². The van der Waals surface area contributed by atoms with Crippen molar-refractivity contribution >= 4 is 11.7 Å². The fraction of sp³-hybridized carbons (Fsp3) is 0.429. The van der Waals surface area contributed by atoms with Crippen LogP contribution >= 0.6 is 0 Å². The van der Waals surface area contributed by atoms with Crippen LogP contribution in [-0.2, 0) is 6.54 Å². The summed E-state index contributed by atoms with van der Waals surface area (Å²) in [7, 11) is 0. The molecule has 5 heteroatoms. The molecule has 0 bridgehead atoms. The van der Waals surface area contributed by atoms with Crippen LogP contribution in [0.5, 0.6) is 0 Å². The third-order valence-corrected chi connectivity index (χ3v) is 4.95. The highest BCUT2D eigenvalue weighted by Crippen LogP contribution is 2.27. The third-order valence-electron chi connectivity index (χ3n) is 4.95. The van der Waals surface area contributed by atoms with Crippen molar-refractivity contribution in [2.45, 2.75) is 33.2 Å². The minimum absolute atomic E-state index is 0.00206. The van der Waals surface area contributed by atoms with Gasteiger partial charge in [-0.3, -0.25) is 9.88 Å². The van der Waals surface area contributed by atoms with Crippen molar-refractivity contribution in [1.29, 1.82) is 0 Å². The number of aromatic nitrogens is 1. The summed E-state index contributed by atoms with van der Waals surface area (Å²) in [5, 5.41) is 3.15. The number of para-hydroxylation sites is 1. The van der Waals surface area contributed by atoms with Crippen LogP contribution in [0.25, 0.3) is 0 Å². The summed E-state index contributed by atoms with van der Waals surface area (Å²) in [6.07, 6.45) is 3.70. The average Bonchev–Trinajstić information content (AvgIpc) is 2.64. The van der Waals surface area contributed by atoms with Crippen molar-refractivity contribution in [2.24, 2.45) is 0 Å². The number of urea groups is 1. The normalized spacial score (nSPS) is 15.3. The number of amides is 2. The lowest BCUT2D eigenvalue weighted by atomic mass is 9.98. The van der Waals surface area contributed by atoms with Crippen molar-refractivity contribution in [3.8, 4) is 0 Å². The van der Waals surface area contributed by atoms with Gasteiger partial charge in [0, 0.05) is 50.8 Å². The van der Waals surface area contributed by atoms with E-state index >= 15 is 0 Å². The van der Waals surface area contributed by atoms with E-state index in [4.69, 9.17) is 0 Å². The van der Waals surface area contributed by atoms with Gasteiger partial charge in [0.15, 0.2) is 0 Å². The number of hydrogen-bond donors (Lipinski definition) is 1. The average molecular weight is 352 g/mol. The van der Waals surface area contributed by atoms with Gasteiger partial charge in [0.25, 0.3) is 0 Å². The van der Waals surface area contributed by atoms with E-state index in [9.17, 15) is 4.79 Å². The molecule has 1 aromatic heterocycles. The van der Waals surface area contributed by atoms with Crippen LogP contribution in [0.15, 0.2) is 42.7 Å². The molecule has 0 saturated carbocycles. The van der Waals surface area contributed by atoms with E-state index in [1.54, 1.807) is 6.20 Å². The van der Waals surface area contributed by atoms with Gasteiger partial charge >= 0.3 is 6.03 Å². The molecule has 26 heavy (non-hydrogen) atoms. The van der Waals surface area contributed by atoms with Crippen molar-refractivity contribution in [3.05, 3.63) is 59.4 Å². The van der Waals surface area contributed by atoms with Crippen molar-refractivity contribution in [1.82, 2.24) is 14.8 Å². The molecule has 1 aliphatic heterocycles. The SMILES string of the molecule is Cc1cccc(C(C)C)c1NC(=O)N1CCN(Cc2cccnc2)CC1. The first kappa shape index (κ1) is 18.4. The fourth-order valence-electron chi connectivity index (χ4n) is 3.39. The first-order chi connectivity index (χ1) is 12.5. The predicted molar refractivity (Wildman–Crippen MR) is 105 cm³/mol. The van der Waals surface area contributed by atoms with E-state index in [0.29, 0.717) is 5.92 Å². The molecule has 1 fully saturated rings. The summed E-state index contributed by atoms with van der Waals surface area (Å²) in [6, 6.07) is 10.3. The van der Waals surface area contributed by atoms with Gasteiger partial charge in [-0.05, 0) is 35.6 Å². The Morgan fingerprint density at radius 1 is 1.15 bits per heavy atom. The zero-order valence-electron chi connectivity index (χ0n) is 15.9. The van der Waals surface area contributed by atoms with Gasteiger partial charge in [-0.25, -0.2) is 4.79 Å². The van der Waals surface area contributed by atoms with Gasteiger partial charge in [0.05, 0.1) is 0 Å². The van der Waals surface area contributed by atoms with Crippen molar-refractivity contribution in [3.63, 3.8) is 0 Å². The van der Waals surface area contributed by atoms with Crippen LogP contribution in [0.1, 0.15) is 36.5 Å². The van der Waals surface area contributed by atoms with Gasteiger partial charge in [-0.1, -0.05) is 38.1 Å². The van der Waals surface area contributed by atoms with Crippen LogP contribution < -0.4 is 5.32 Å². The molecule has 0 spiro atoms. The summed E-state index contributed by atoms with van der Waals surface area (Å²) in [6.45, 7) is 10.5. The van der Waals surface area contributed by atoms with Gasteiger partial charge in [-0.15, -0.1) is 0 Å². The zero-order valence-corrected chi connectivity index (χ0v) is 15.9. The van der Waals surface area contributed by atoms with Gasteiger partial charge in [0.2, 0.25) is 0 Å². The predicted octanol–water partition coefficient (Wildman–Crippen LogP) is 3.86. The Kier molecular flexibility index (Phi) is 5.89. The van der Waals surface area contributed by atoms with Crippen LogP contribution in [0.3, 0.4) is 0 Å². The number of piperazine rings is 1. The van der Waals surface area contributed by atoms with Crippen LogP contribution in [-0.4, -0.2) is 47.0 Å². The quantitative estimate of drug-likeness (QED) is 0.909. The molecule has 1 saturated heterocycles. The van der Waals surface area contributed by atoms with Gasteiger partial charge in [-0.2, -0.15) is 0 Å². The monoisotopic (exact) mass is 352 g/mol. The maximum atomic E-state index is 12.7. The maximum Gasteiger partial charge on any atom is 0.321 e. The molecule has 1 aliphatic rings. The Labute approximate surface area is 156 Å². The Bertz CT molecular complexity index is 737. The van der Waals surface area contributed by atoms with Crippen molar-refractivity contribution in [2.75, 3.05) is 31.5 Å². The lowest BCUT2D eigenvalue weighted by Crippen LogP contribution is -2.49. The molecule has 1 N–H and O–H groups in total. The topological polar surface area (TPSA) is 48.5 Å². The maximum absolute atomic E-state index is 12.7. The van der Waals surface area contributed by atoms with Gasteiger partial charge < -0.3 is 10.2 Å². The molecule has 2 amide bonds. The first-order valence-electron chi connectivity index (χ1n) is 9.31. The van der Waals surface area contributed by atoms with Crippen LogP contribution in [0.2, 0.25) is 0 Å². The van der Waals surface area contributed by atoms with E-state index in [0.717, 1.165) is 44.0 Å². The van der Waals surface area contributed by atoms with E-state index in [1.165, 1.54) is 11.1 Å². The largest absolute Gasteiger partial charge is 0.322 e. The smallest absolute Gasteiger partial charge is 0.321 e. The minimum atomic E-state index is 0.00206. The molecule has 1 aromatic carbocycles. The van der Waals surface area contributed by atoms with Crippen LogP contribution in [0, 0.1) is 6.92 Å². The summed E-state index contributed by atoms with van der Waals surface area (Å²) < 4.78 is 0. The Hall–Kier alpha value is -2.40. The number of rotatable bonds is 4. The number of carbonyl (C=O) groups is 1. The lowest BCUT2D eigenvalue weighted by Gasteiger charge is -2.35. The third kappa shape index (κ3) is 4.41. The fourth-order valence-corrected chi connectivity index (χ4v) is 3.39. The molecule has 0 unspecified atom stereocenters. The molecule has 0 aliphatic carbocycles. The summed E-state index contributed by atoms with van der Waals surface area (Å²) in [5.74, 6) is 0.376. The highest BCUT2D eigenvalue weighted by molar-refractivity contribution is 5.91. The molecule has 0 radical (unpaired) electrons. The second-order valence-corrected chi connectivity index (χ2v) is 7.25. The summed E-state index contributed by atoms with van der Waals surface area (Å²) >= 11 is 0. The number of benzene rings is 1. The number of carbonyl (C=O) groups excluding carboxylic acids is 1. The zero-order chi connectivity index (χ0) is 18.5. The first-order valence-corrected chi connectivity index (χ1v) is 9.31. The molecular formula is C21H28N4O. The Morgan fingerprint density at radius 3 is 2.58 bits per heavy atom.